The number of piperidine rings is 1. The Hall–Kier alpha value is -0.190. The van der Waals surface area contributed by atoms with E-state index in [1.54, 1.807) is 11.3 Å². The van der Waals surface area contributed by atoms with E-state index in [9.17, 15) is 4.79 Å². The van der Waals surface area contributed by atoms with Gasteiger partial charge in [0.15, 0.2) is 0 Å². The molecule has 1 fully saturated rings. The lowest BCUT2D eigenvalue weighted by Crippen LogP contribution is -2.46. The molecule has 1 saturated heterocycles. The summed E-state index contributed by atoms with van der Waals surface area (Å²) in [6.45, 7) is 4.09. The van der Waals surface area contributed by atoms with Crippen LogP contribution in [0, 0.1) is 5.41 Å². The van der Waals surface area contributed by atoms with Crippen molar-refractivity contribution in [2.75, 3.05) is 13.1 Å². The molecule has 1 unspecified atom stereocenters. The molecule has 0 aromatic carbocycles. The lowest BCUT2D eigenvalue weighted by atomic mass is 9.72. The number of carbonyl (C=O) groups excluding carboxylic acids is 1. The van der Waals surface area contributed by atoms with Crippen LogP contribution in [0.1, 0.15) is 37.5 Å². The fourth-order valence-electron chi connectivity index (χ4n) is 2.82. The number of nitrogens with one attached hydrogen (secondary N) is 1. The first-order valence-electron chi connectivity index (χ1n) is 6.64. The van der Waals surface area contributed by atoms with Gasteiger partial charge in [0.05, 0.1) is 0 Å². The molecule has 0 amide bonds. The summed E-state index contributed by atoms with van der Waals surface area (Å²) in [6, 6.07) is 2.03. The molecule has 2 nitrogen and oxygen atoms in total. The van der Waals surface area contributed by atoms with Gasteiger partial charge in [0, 0.05) is 27.7 Å². The standard InChI is InChI=1S/C14H20BrNOS/c1-2-5-14(6-3-7-16-10-14)13(17)9-12-11(15)4-8-18-12/h4,8,16H,2-3,5-7,9-10H2,1H3. The van der Waals surface area contributed by atoms with Gasteiger partial charge in [-0.2, -0.15) is 0 Å². The highest BCUT2D eigenvalue weighted by Gasteiger charge is 2.38. The molecule has 2 rings (SSSR count). The monoisotopic (exact) mass is 329 g/mol. The highest BCUT2D eigenvalue weighted by atomic mass is 79.9. The maximum Gasteiger partial charge on any atom is 0.145 e. The van der Waals surface area contributed by atoms with E-state index in [1.807, 2.05) is 11.4 Å². The molecule has 1 N–H and O–H groups in total. The van der Waals surface area contributed by atoms with E-state index < -0.39 is 0 Å². The van der Waals surface area contributed by atoms with Gasteiger partial charge < -0.3 is 5.32 Å². The number of hydrogen-bond donors (Lipinski definition) is 1. The van der Waals surface area contributed by atoms with Crippen molar-refractivity contribution in [3.05, 3.63) is 20.8 Å². The molecule has 0 bridgehead atoms. The fourth-order valence-corrected chi connectivity index (χ4v) is 4.31. The maximum absolute atomic E-state index is 12.7. The predicted octanol–water partition coefficient (Wildman–Crippen LogP) is 3.79. The van der Waals surface area contributed by atoms with Crippen LogP contribution in [-0.4, -0.2) is 18.9 Å². The van der Waals surface area contributed by atoms with Crippen molar-refractivity contribution in [2.24, 2.45) is 5.41 Å². The maximum atomic E-state index is 12.7. The van der Waals surface area contributed by atoms with E-state index in [0.717, 1.165) is 43.2 Å². The van der Waals surface area contributed by atoms with Gasteiger partial charge in [-0.25, -0.2) is 0 Å². The lowest BCUT2D eigenvalue weighted by Gasteiger charge is -2.36. The summed E-state index contributed by atoms with van der Waals surface area (Å²) in [6.07, 6.45) is 4.85. The summed E-state index contributed by atoms with van der Waals surface area (Å²) in [5.41, 5.74) is -0.115. The Kier molecular flexibility index (Phi) is 4.98. The molecule has 2 heterocycles. The van der Waals surface area contributed by atoms with Gasteiger partial charge in [-0.05, 0) is 53.2 Å². The van der Waals surface area contributed by atoms with Gasteiger partial charge >= 0.3 is 0 Å². The Bertz CT molecular complexity index is 404. The zero-order valence-corrected chi connectivity index (χ0v) is 13.2. The van der Waals surface area contributed by atoms with Crippen LogP contribution in [0.5, 0.6) is 0 Å². The molecule has 4 heteroatoms. The molecule has 0 spiro atoms. The van der Waals surface area contributed by atoms with E-state index in [4.69, 9.17) is 0 Å². The third-order valence-corrected chi connectivity index (χ3v) is 5.73. The smallest absolute Gasteiger partial charge is 0.145 e. The van der Waals surface area contributed by atoms with Crippen molar-refractivity contribution in [1.29, 1.82) is 0 Å². The first kappa shape index (κ1) is 14.2. The highest BCUT2D eigenvalue weighted by Crippen LogP contribution is 2.35. The molecule has 0 radical (unpaired) electrons. The second-order valence-electron chi connectivity index (χ2n) is 5.10. The van der Waals surface area contributed by atoms with Gasteiger partial charge in [-0.3, -0.25) is 4.79 Å². The fraction of sp³-hybridized carbons (Fsp3) is 0.643. The van der Waals surface area contributed by atoms with E-state index in [0.29, 0.717) is 12.2 Å². The summed E-state index contributed by atoms with van der Waals surface area (Å²) in [4.78, 5) is 13.8. The number of Topliss-reactive ketones (excluding diaryl/α,β-unsaturated/α-hetero) is 1. The van der Waals surface area contributed by atoms with Crippen molar-refractivity contribution in [3.63, 3.8) is 0 Å². The van der Waals surface area contributed by atoms with Crippen LogP contribution in [0.25, 0.3) is 0 Å². The second-order valence-corrected chi connectivity index (χ2v) is 6.96. The minimum atomic E-state index is -0.115. The van der Waals surface area contributed by atoms with Crippen LogP contribution in [0.4, 0.5) is 0 Å². The minimum Gasteiger partial charge on any atom is -0.316 e. The van der Waals surface area contributed by atoms with Crippen LogP contribution in [0.15, 0.2) is 15.9 Å². The van der Waals surface area contributed by atoms with Gasteiger partial charge in [0.1, 0.15) is 5.78 Å². The molecule has 0 saturated carbocycles. The summed E-state index contributed by atoms with van der Waals surface area (Å²) in [7, 11) is 0. The molecule has 18 heavy (non-hydrogen) atoms. The van der Waals surface area contributed by atoms with Crippen molar-refractivity contribution < 1.29 is 4.79 Å². The number of carbonyl (C=O) groups is 1. The van der Waals surface area contributed by atoms with Gasteiger partial charge in [-0.1, -0.05) is 13.3 Å². The molecule has 1 aromatic heterocycles. The Morgan fingerprint density at radius 2 is 2.44 bits per heavy atom. The van der Waals surface area contributed by atoms with E-state index in [1.165, 1.54) is 4.88 Å². The number of hydrogen-bond acceptors (Lipinski definition) is 3. The third kappa shape index (κ3) is 3.03. The topological polar surface area (TPSA) is 29.1 Å². The number of halogens is 1. The third-order valence-electron chi connectivity index (χ3n) is 3.80. The van der Waals surface area contributed by atoms with Crippen LogP contribution in [0.3, 0.4) is 0 Å². The summed E-state index contributed by atoms with van der Waals surface area (Å²) in [5.74, 6) is 0.416. The Morgan fingerprint density at radius 3 is 3.00 bits per heavy atom. The number of rotatable bonds is 5. The van der Waals surface area contributed by atoms with Gasteiger partial charge in [0.25, 0.3) is 0 Å². The van der Waals surface area contributed by atoms with E-state index in [-0.39, 0.29) is 5.41 Å². The average molecular weight is 330 g/mol. The largest absolute Gasteiger partial charge is 0.316 e. The first-order chi connectivity index (χ1) is 8.68. The van der Waals surface area contributed by atoms with Crippen molar-refractivity contribution in [1.82, 2.24) is 5.32 Å². The SMILES string of the molecule is CCCC1(C(=O)Cc2sccc2Br)CCCNC1. The predicted molar refractivity (Wildman–Crippen MR) is 80.2 cm³/mol. The van der Waals surface area contributed by atoms with Crippen LogP contribution >= 0.6 is 27.3 Å². The quantitative estimate of drug-likeness (QED) is 0.890. The van der Waals surface area contributed by atoms with Crippen LogP contribution < -0.4 is 5.32 Å². The molecule has 1 aromatic rings. The summed E-state index contributed by atoms with van der Waals surface area (Å²) in [5, 5.41) is 5.45. The van der Waals surface area contributed by atoms with Crippen molar-refractivity contribution in [2.45, 2.75) is 39.0 Å². The molecule has 0 aliphatic carbocycles. The van der Waals surface area contributed by atoms with Crippen LogP contribution in [0.2, 0.25) is 0 Å². The molecule has 1 aliphatic rings. The summed E-state index contributed by atoms with van der Waals surface area (Å²) >= 11 is 5.19. The van der Waals surface area contributed by atoms with Crippen molar-refractivity contribution >= 4 is 33.0 Å². The molecular weight excluding hydrogens is 310 g/mol. The number of ketones is 1. The zero-order valence-electron chi connectivity index (χ0n) is 10.8. The van der Waals surface area contributed by atoms with E-state index >= 15 is 0 Å². The summed E-state index contributed by atoms with van der Waals surface area (Å²) < 4.78 is 1.08. The lowest BCUT2D eigenvalue weighted by molar-refractivity contribution is -0.129. The zero-order chi connectivity index (χ0) is 13.0. The molecular formula is C14H20BrNOS. The molecule has 1 aliphatic heterocycles. The number of thiophene rings is 1. The molecule has 1 atom stereocenters. The first-order valence-corrected chi connectivity index (χ1v) is 8.31. The Labute approximate surface area is 121 Å². The van der Waals surface area contributed by atoms with Crippen molar-refractivity contribution in [3.8, 4) is 0 Å². The minimum absolute atomic E-state index is 0.115. The van der Waals surface area contributed by atoms with E-state index in [2.05, 4.69) is 28.2 Å². The van der Waals surface area contributed by atoms with Gasteiger partial charge in [0.2, 0.25) is 0 Å². The Balaban J connectivity index is 2.11. The van der Waals surface area contributed by atoms with Gasteiger partial charge in [-0.15, -0.1) is 11.3 Å². The second kappa shape index (κ2) is 6.31. The Morgan fingerprint density at radius 1 is 1.61 bits per heavy atom. The normalized spacial score (nSPS) is 24.1. The molecule has 100 valence electrons. The van der Waals surface area contributed by atoms with Crippen LogP contribution in [-0.2, 0) is 11.2 Å². The highest BCUT2D eigenvalue weighted by molar-refractivity contribution is 9.10. The average Bonchev–Trinajstić information content (AvgIpc) is 2.76.